The number of carbonyl (C=O) groups is 2. The zero-order valence-corrected chi connectivity index (χ0v) is 11.5. The van der Waals surface area contributed by atoms with Crippen LogP contribution in [0.15, 0.2) is 36.7 Å². The van der Waals surface area contributed by atoms with Gasteiger partial charge in [0.05, 0.1) is 5.56 Å². The van der Waals surface area contributed by atoms with Gasteiger partial charge in [0.25, 0.3) is 5.91 Å². The van der Waals surface area contributed by atoms with Crippen molar-refractivity contribution in [1.82, 2.24) is 9.88 Å². The van der Waals surface area contributed by atoms with Crippen molar-refractivity contribution in [2.75, 3.05) is 6.54 Å². The Labute approximate surface area is 122 Å². The number of hydrogen-bond acceptors (Lipinski definition) is 3. The van der Waals surface area contributed by atoms with E-state index in [4.69, 9.17) is 0 Å². The second-order valence-electron chi connectivity index (χ2n) is 5.26. The van der Waals surface area contributed by atoms with Crippen molar-refractivity contribution >= 4 is 22.6 Å². The third kappa shape index (κ3) is 2.46. The topological polar surface area (TPSA) is 70.5 Å². The number of pyridine rings is 1. The zero-order chi connectivity index (χ0) is 14.8. The van der Waals surface area contributed by atoms with Gasteiger partial charge in [0.2, 0.25) is 0 Å². The van der Waals surface area contributed by atoms with Crippen LogP contribution in [0.3, 0.4) is 0 Å². The number of rotatable bonds is 2. The van der Waals surface area contributed by atoms with Gasteiger partial charge < -0.3 is 10.0 Å². The van der Waals surface area contributed by atoms with Crippen LogP contribution in [0.25, 0.3) is 10.8 Å². The van der Waals surface area contributed by atoms with Gasteiger partial charge in [0, 0.05) is 24.3 Å². The van der Waals surface area contributed by atoms with Gasteiger partial charge in [0.15, 0.2) is 0 Å². The Morgan fingerprint density at radius 2 is 2.00 bits per heavy atom. The van der Waals surface area contributed by atoms with Gasteiger partial charge in [-0.2, -0.15) is 0 Å². The maximum Gasteiger partial charge on any atom is 0.326 e. The third-order valence-corrected chi connectivity index (χ3v) is 3.95. The average molecular weight is 284 g/mol. The predicted molar refractivity (Wildman–Crippen MR) is 78.1 cm³/mol. The molecule has 1 aliphatic rings. The highest BCUT2D eigenvalue weighted by Gasteiger charge is 2.33. The summed E-state index contributed by atoms with van der Waals surface area (Å²) in [4.78, 5) is 29.7. The van der Waals surface area contributed by atoms with Gasteiger partial charge >= 0.3 is 5.97 Å². The monoisotopic (exact) mass is 284 g/mol. The van der Waals surface area contributed by atoms with Crippen LogP contribution in [-0.2, 0) is 4.79 Å². The fraction of sp³-hybridized carbons (Fsp3) is 0.312. The molecule has 0 bridgehead atoms. The first-order valence-corrected chi connectivity index (χ1v) is 7.05. The standard InChI is InChI=1S/C16H16N2O3/c19-15(18-8-4-3-7-14(18)16(20)21)13-10-17-9-11-5-1-2-6-12(11)13/h1-2,5-6,9-10,14H,3-4,7-8H2,(H,20,21). The summed E-state index contributed by atoms with van der Waals surface area (Å²) in [6.07, 6.45) is 5.43. The van der Waals surface area contributed by atoms with Crippen molar-refractivity contribution in [2.45, 2.75) is 25.3 Å². The molecular formula is C16H16N2O3. The van der Waals surface area contributed by atoms with Gasteiger partial charge in [-0.25, -0.2) is 4.79 Å². The maximum atomic E-state index is 12.8. The molecule has 1 amide bonds. The fourth-order valence-electron chi connectivity index (χ4n) is 2.87. The first-order valence-electron chi connectivity index (χ1n) is 7.05. The first-order chi connectivity index (χ1) is 10.2. The van der Waals surface area contributed by atoms with E-state index in [1.165, 1.54) is 11.1 Å². The summed E-state index contributed by atoms with van der Waals surface area (Å²) in [6, 6.07) is 6.78. The predicted octanol–water partition coefficient (Wildman–Crippen LogP) is 2.31. The van der Waals surface area contributed by atoms with Gasteiger partial charge in [-0.15, -0.1) is 0 Å². The molecule has 0 aliphatic carbocycles. The van der Waals surface area contributed by atoms with E-state index >= 15 is 0 Å². The van der Waals surface area contributed by atoms with Crippen LogP contribution in [0.2, 0.25) is 0 Å². The number of piperidine rings is 1. The number of fused-ring (bicyclic) bond motifs is 1. The van der Waals surface area contributed by atoms with E-state index in [-0.39, 0.29) is 5.91 Å². The molecule has 5 heteroatoms. The number of amides is 1. The number of carboxylic acid groups (broad SMARTS) is 1. The summed E-state index contributed by atoms with van der Waals surface area (Å²) in [7, 11) is 0. The van der Waals surface area contributed by atoms with Crippen LogP contribution in [0.5, 0.6) is 0 Å². The van der Waals surface area contributed by atoms with Crippen molar-refractivity contribution in [2.24, 2.45) is 0 Å². The largest absolute Gasteiger partial charge is 0.480 e. The Morgan fingerprint density at radius 3 is 2.81 bits per heavy atom. The van der Waals surface area contributed by atoms with Crippen LogP contribution in [0.4, 0.5) is 0 Å². The second-order valence-corrected chi connectivity index (χ2v) is 5.26. The zero-order valence-electron chi connectivity index (χ0n) is 11.5. The molecule has 1 aromatic carbocycles. The van der Waals surface area contributed by atoms with Crippen molar-refractivity contribution in [3.05, 3.63) is 42.2 Å². The van der Waals surface area contributed by atoms with Crippen molar-refractivity contribution < 1.29 is 14.7 Å². The number of aliphatic carboxylic acids is 1. The van der Waals surface area contributed by atoms with E-state index in [1.54, 1.807) is 6.20 Å². The first kappa shape index (κ1) is 13.5. The van der Waals surface area contributed by atoms with Crippen LogP contribution in [0.1, 0.15) is 29.6 Å². The highest BCUT2D eigenvalue weighted by Crippen LogP contribution is 2.23. The molecule has 1 fully saturated rings. The molecule has 1 atom stereocenters. The van der Waals surface area contributed by atoms with Crippen LogP contribution < -0.4 is 0 Å². The van der Waals surface area contributed by atoms with E-state index in [9.17, 15) is 14.7 Å². The van der Waals surface area contributed by atoms with Crippen LogP contribution in [-0.4, -0.2) is 39.5 Å². The second kappa shape index (κ2) is 5.52. The Hall–Kier alpha value is -2.43. The van der Waals surface area contributed by atoms with Gasteiger partial charge in [-0.05, 0) is 24.6 Å². The fourth-order valence-corrected chi connectivity index (χ4v) is 2.87. The molecule has 21 heavy (non-hydrogen) atoms. The number of aromatic nitrogens is 1. The molecule has 1 saturated heterocycles. The van der Waals surface area contributed by atoms with Crippen molar-refractivity contribution in [3.8, 4) is 0 Å². The molecular weight excluding hydrogens is 268 g/mol. The molecule has 0 radical (unpaired) electrons. The lowest BCUT2D eigenvalue weighted by molar-refractivity contribution is -0.143. The molecule has 1 unspecified atom stereocenters. The van der Waals surface area contributed by atoms with Crippen molar-refractivity contribution in [3.63, 3.8) is 0 Å². The maximum absolute atomic E-state index is 12.8. The van der Waals surface area contributed by atoms with Gasteiger partial charge in [-0.3, -0.25) is 9.78 Å². The quantitative estimate of drug-likeness (QED) is 0.918. The summed E-state index contributed by atoms with van der Waals surface area (Å²) in [5.41, 5.74) is 0.473. The molecule has 108 valence electrons. The molecule has 0 saturated carbocycles. The van der Waals surface area contributed by atoms with Crippen LogP contribution in [0, 0.1) is 0 Å². The minimum Gasteiger partial charge on any atom is -0.480 e. The number of carbonyl (C=O) groups excluding carboxylic acids is 1. The summed E-state index contributed by atoms with van der Waals surface area (Å²) in [5, 5.41) is 11.0. The minimum atomic E-state index is -0.934. The lowest BCUT2D eigenvalue weighted by atomic mass is 10.00. The minimum absolute atomic E-state index is 0.244. The Balaban J connectivity index is 2.01. The highest BCUT2D eigenvalue weighted by molar-refractivity contribution is 6.07. The summed E-state index contributed by atoms with van der Waals surface area (Å²) in [5.74, 6) is -1.18. The molecule has 5 nitrogen and oxygen atoms in total. The van der Waals surface area contributed by atoms with Gasteiger partial charge in [-0.1, -0.05) is 24.3 Å². The van der Waals surface area contributed by atoms with Crippen molar-refractivity contribution in [1.29, 1.82) is 0 Å². The van der Waals surface area contributed by atoms with Gasteiger partial charge in [0.1, 0.15) is 6.04 Å². The molecule has 2 heterocycles. The van der Waals surface area contributed by atoms with E-state index in [2.05, 4.69) is 4.98 Å². The highest BCUT2D eigenvalue weighted by atomic mass is 16.4. The molecule has 1 aromatic heterocycles. The smallest absolute Gasteiger partial charge is 0.326 e. The number of hydrogen-bond donors (Lipinski definition) is 1. The molecule has 1 aliphatic heterocycles. The summed E-state index contributed by atoms with van der Waals surface area (Å²) in [6.45, 7) is 0.485. The molecule has 1 N–H and O–H groups in total. The van der Waals surface area contributed by atoms with Crippen LogP contribution >= 0.6 is 0 Å². The molecule has 2 aromatic rings. The Bertz CT molecular complexity index is 693. The lowest BCUT2D eigenvalue weighted by Gasteiger charge is -2.33. The van der Waals surface area contributed by atoms with E-state index in [0.29, 0.717) is 18.5 Å². The number of benzene rings is 1. The number of nitrogens with zero attached hydrogens (tertiary/aromatic N) is 2. The van der Waals surface area contributed by atoms with E-state index < -0.39 is 12.0 Å². The number of likely N-dealkylation sites (tertiary alicyclic amines) is 1. The average Bonchev–Trinajstić information content (AvgIpc) is 2.53. The summed E-state index contributed by atoms with van der Waals surface area (Å²) < 4.78 is 0. The molecule has 3 rings (SSSR count). The Kier molecular flexibility index (Phi) is 3.56. The van der Waals surface area contributed by atoms with E-state index in [1.807, 2.05) is 24.3 Å². The SMILES string of the molecule is O=C(O)C1CCCCN1C(=O)c1cncc2ccccc12. The summed E-state index contributed by atoms with van der Waals surface area (Å²) >= 11 is 0. The van der Waals surface area contributed by atoms with E-state index in [0.717, 1.165) is 23.6 Å². The molecule has 0 spiro atoms. The number of carboxylic acids is 1. The lowest BCUT2D eigenvalue weighted by Crippen LogP contribution is -2.48. The third-order valence-electron chi connectivity index (χ3n) is 3.95. The Morgan fingerprint density at radius 1 is 1.19 bits per heavy atom. The normalized spacial score (nSPS) is 18.7.